The van der Waals surface area contributed by atoms with Gasteiger partial charge in [0.1, 0.15) is 5.69 Å². The molecule has 132 valence electrons. The second-order valence-electron chi connectivity index (χ2n) is 6.58. The molecule has 6 nitrogen and oxygen atoms in total. The second-order valence-corrected chi connectivity index (χ2v) is 6.58. The van der Waals surface area contributed by atoms with Crippen molar-refractivity contribution in [3.8, 4) is 11.3 Å². The summed E-state index contributed by atoms with van der Waals surface area (Å²) in [5.74, 6) is -0.189. The van der Waals surface area contributed by atoms with Gasteiger partial charge in [0.25, 0.3) is 5.91 Å². The van der Waals surface area contributed by atoms with Crippen LogP contribution in [0.4, 0.5) is 0 Å². The fraction of sp³-hybridized carbons (Fsp3) is 0.250. The summed E-state index contributed by atoms with van der Waals surface area (Å²) in [4.78, 5) is 24.5. The van der Waals surface area contributed by atoms with E-state index in [9.17, 15) is 9.59 Å². The van der Waals surface area contributed by atoms with E-state index in [4.69, 9.17) is 0 Å². The van der Waals surface area contributed by atoms with Crippen molar-refractivity contribution in [2.24, 2.45) is 7.05 Å². The van der Waals surface area contributed by atoms with E-state index in [1.807, 2.05) is 36.4 Å². The Bertz CT molecular complexity index is 1000. The zero-order valence-corrected chi connectivity index (χ0v) is 14.5. The molecule has 2 heterocycles. The smallest absolute Gasteiger partial charge is 0.269 e. The molecule has 1 aliphatic rings. The minimum Gasteiger partial charge on any atom is -0.344 e. The van der Waals surface area contributed by atoms with Crippen molar-refractivity contribution in [1.82, 2.24) is 20.1 Å². The lowest BCUT2D eigenvalue weighted by molar-refractivity contribution is 0.0927. The molecule has 2 aromatic heterocycles. The summed E-state index contributed by atoms with van der Waals surface area (Å²) >= 11 is 0. The van der Waals surface area contributed by atoms with E-state index in [0.717, 1.165) is 41.8 Å². The highest BCUT2D eigenvalue weighted by Gasteiger charge is 2.24. The molecule has 0 fully saturated rings. The maximum atomic E-state index is 12.7. The third-order valence-corrected chi connectivity index (χ3v) is 4.95. The van der Waals surface area contributed by atoms with Gasteiger partial charge < -0.3 is 9.88 Å². The van der Waals surface area contributed by atoms with Crippen molar-refractivity contribution in [1.29, 1.82) is 0 Å². The summed E-state index contributed by atoms with van der Waals surface area (Å²) in [6, 6.07) is 14.8. The lowest BCUT2D eigenvalue weighted by atomic mass is 9.91. The lowest BCUT2D eigenvalue weighted by Crippen LogP contribution is -2.34. The van der Waals surface area contributed by atoms with Gasteiger partial charge in [-0.05, 0) is 37.0 Å². The summed E-state index contributed by atoms with van der Waals surface area (Å²) in [6.07, 6.45) is 2.65. The maximum Gasteiger partial charge on any atom is 0.269 e. The van der Waals surface area contributed by atoms with E-state index in [2.05, 4.69) is 15.5 Å². The quantitative estimate of drug-likeness (QED) is 0.763. The SMILES string of the molecule is Cn1c2c(ccc1=O)C(NC(=O)c1cc(-c3ccccc3)n[nH]1)CCC2. The number of nitrogens with zero attached hydrogens (tertiary/aromatic N) is 2. The van der Waals surface area contributed by atoms with Crippen LogP contribution in [-0.2, 0) is 13.5 Å². The Balaban J connectivity index is 1.56. The minimum absolute atomic E-state index is 0.0169. The van der Waals surface area contributed by atoms with Crippen molar-refractivity contribution >= 4 is 5.91 Å². The number of carbonyl (C=O) groups excluding carboxylic acids is 1. The van der Waals surface area contributed by atoms with Gasteiger partial charge in [0.15, 0.2) is 0 Å². The summed E-state index contributed by atoms with van der Waals surface area (Å²) in [5.41, 5.74) is 4.14. The van der Waals surface area contributed by atoms with Crippen molar-refractivity contribution in [2.45, 2.75) is 25.3 Å². The van der Waals surface area contributed by atoms with Crippen molar-refractivity contribution in [3.05, 3.63) is 75.8 Å². The van der Waals surface area contributed by atoms with Crippen LogP contribution < -0.4 is 10.9 Å². The molecular formula is C20H20N4O2. The number of pyridine rings is 1. The molecule has 1 unspecified atom stereocenters. The van der Waals surface area contributed by atoms with Crippen molar-refractivity contribution in [2.75, 3.05) is 0 Å². The molecule has 1 amide bonds. The van der Waals surface area contributed by atoms with Crippen LogP contribution in [0.3, 0.4) is 0 Å². The van der Waals surface area contributed by atoms with Crippen molar-refractivity contribution in [3.63, 3.8) is 0 Å². The molecule has 0 radical (unpaired) electrons. The molecular weight excluding hydrogens is 328 g/mol. The fourth-order valence-electron chi connectivity index (χ4n) is 3.53. The zero-order chi connectivity index (χ0) is 18.1. The highest BCUT2D eigenvalue weighted by atomic mass is 16.2. The topological polar surface area (TPSA) is 79.8 Å². The molecule has 26 heavy (non-hydrogen) atoms. The van der Waals surface area contributed by atoms with Crippen molar-refractivity contribution < 1.29 is 4.79 Å². The van der Waals surface area contributed by atoms with E-state index in [1.165, 1.54) is 0 Å². The third kappa shape index (κ3) is 2.94. The van der Waals surface area contributed by atoms with Crippen LogP contribution in [0, 0.1) is 0 Å². The molecule has 0 bridgehead atoms. The van der Waals surface area contributed by atoms with Crippen LogP contribution in [0.1, 0.15) is 40.6 Å². The first kappa shape index (κ1) is 16.3. The summed E-state index contributed by atoms with van der Waals surface area (Å²) in [5, 5.41) is 10.1. The minimum atomic E-state index is -0.189. The number of carbonyl (C=O) groups is 1. The first-order valence-electron chi connectivity index (χ1n) is 8.74. The molecule has 0 aliphatic heterocycles. The molecule has 1 atom stereocenters. The lowest BCUT2D eigenvalue weighted by Gasteiger charge is -2.27. The second kappa shape index (κ2) is 6.63. The molecule has 0 spiro atoms. The van der Waals surface area contributed by atoms with Gasteiger partial charge in [0.05, 0.1) is 11.7 Å². The maximum absolute atomic E-state index is 12.7. The highest BCUT2D eigenvalue weighted by molar-refractivity contribution is 5.93. The number of fused-ring (bicyclic) bond motifs is 1. The molecule has 2 N–H and O–H groups in total. The number of H-pyrrole nitrogens is 1. The van der Waals surface area contributed by atoms with Crippen LogP contribution in [-0.4, -0.2) is 20.7 Å². The summed E-state index contributed by atoms with van der Waals surface area (Å²) in [7, 11) is 1.78. The van der Waals surface area contributed by atoms with E-state index in [-0.39, 0.29) is 17.5 Å². The normalized spacial score (nSPS) is 16.1. The average molecular weight is 348 g/mol. The molecule has 1 aromatic carbocycles. The van der Waals surface area contributed by atoms with Crippen LogP contribution >= 0.6 is 0 Å². The van der Waals surface area contributed by atoms with Gasteiger partial charge in [0, 0.05) is 24.4 Å². The molecule has 1 aliphatic carbocycles. The Morgan fingerprint density at radius 1 is 1.23 bits per heavy atom. The molecule has 0 saturated heterocycles. The Kier molecular flexibility index (Phi) is 4.16. The Labute approximate surface area is 150 Å². The van der Waals surface area contributed by atoms with Gasteiger partial charge in [-0.1, -0.05) is 30.3 Å². The average Bonchev–Trinajstić information content (AvgIpc) is 3.16. The predicted molar refractivity (Wildman–Crippen MR) is 98.9 cm³/mol. The van der Waals surface area contributed by atoms with Gasteiger partial charge >= 0.3 is 0 Å². The van der Waals surface area contributed by atoms with Crippen LogP contribution in [0.25, 0.3) is 11.3 Å². The number of benzene rings is 1. The van der Waals surface area contributed by atoms with Gasteiger partial charge in [0.2, 0.25) is 5.56 Å². The largest absolute Gasteiger partial charge is 0.344 e. The predicted octanol–water partition coefficient (Wildman–Crippen LogP) is 2.58. The molecule has 0 saturated carbocycles. The van der Waals surface area contributed by atoms with E-state index >= 15 is 0 Å². The Morgan fingerprint density at radius 2 is 2.04 bits per heavy atom. The summed E-state index contributed by atoms with van der Waals surface area (Å²) in [6.45, 7) is 0. The number of aromatic nitrogens is 3. The van der Waals surface area contributed by atoms with Gasteiger partial charge in [-0.2, -0.15) is 5.10 Å². The number of rotatable bonds is 3. The fourth-order valence-corrected chi connectivity index (χ4v) is 3.53. The van der Waals surface area contributed by atoms with E-state index in [1.54, 1.807) is 23.7 Å². The Morgan fingerprint density at radius 3 is 2.85 bits per heavy atom. The van der Waals surface area contributed by atoms with Crippen LogP contribution in [0.15, 0.2) is 53.3 Å². The van der Waals surface area contributed by atoms with Gasteiger partial charge in [-0.25, -0.2) is 0 Å². The Hall–Kier alpha value is -3.15. The number of hydrogen-bond acceptors (Lipinski definition) is 3. The first-order chi connectivity index (χ1) is 12.6. The third-order valence-electron chi connectivity index (χ3n) is 4.95. The molecule has 6 heteroatoms. The first-order valence-corrected chi connectivity index (χ1v) is 8.74. The van der Waals surface area contributed by atoms with Crippen LogP contribution in [0.2, 0.25) is 0 Å². The monoisotopic (exact) mass is 348 g/mol. The standard InChI is InChI=1S/C20H20N4O2/c1-24-18-9-5-8-15(14(18)10-11-19(24)25)21-20(26)17-12-16(22-23-17)13-6-3-2-4-7-13/h2-4,6-7,10-12,15H,5,8-9H2,1H3,(H,21,26)(H,22,23). The molecule has 3 aromatic rings. The number of aromatic amines is 1. The van der Waals surface area contributed by atoms with E-state index < -0.39 is 0 Å². The summed E-state index contributed by atoms with van der Waals surface area (Å²) < 4.78 is 1.68. The van der Waals surface area contributed by atoms with Crippen LogP contribution in [0.5, 0.6) is 0 Å². The number of hydrogen-bond donors (Lipinski definition) is 2. The van der Waals surface area contributed by atoms with E-state index in [0.29, 0.717) is 5.69 Å². The number of nitrogens with one attached hydrogen (secondary N) is 2. The highest BCUT2D eigenvalue weighted by Crippen LogP contribution is 2.28. The number of amides is 1. The van der Waals surface area contributed by atoms with Gasteiger partial charge in [-0.15, -0.1) is 0 Å². The van der Waals surface area contributed by atoms with Gasteiger partial charge in [-0.3, -0.25) is 14.7 Å². The zero-order valence-electron chi connectivity index (χ0n) is 14.5. The molecule has 4 rings (SSSR count).